The van der Waals surface area contributed by atoms with E-state index in [1.165, 1.54) is 4.90 Å². The zero-order chi connectivity index (χ0) is 26.1. The number of thiocarbonyl (C=S) groups is 1. The number of carbonyl (C=O) groups excluding carboxylic acids is 2. The van der Waals surface area contributed by atoms with Crippen LogP contribution in [0.2, 0.25) is 0 Å². The molecule has 2 aromatic carbocycles. The van der Waals surface area contributed by atoms with E-state index in [9.17, 15) is 18.0 Å². The molecular formula is C23H19Cl3N2O5S3. The molecule has 4 rings (SSSR count). The van der Waals surface area contributed by atoms with Gasteiger partial charge in [-0.2, -0.15) is 0 Å². The average Bonchev–Trinajstić information content (AvgIpc) is 3.31. The molecule has 2 aromatic rings. The molecule has 36 heavy (non-hydrogen) atoms. The van der Waals surface area contributed by atoms with Crippen LogP contribution < -0.4 is 10.1 Å². The van der Waals surface area contributed by atoms with Gasteiger partial charge in [0.25, 0.3) is 11.8 Å². The van der Waals surface area contributed by atoms with Crippen molar-refractivity contribution in [2.24, 2.45) is 0 Å². The average molecular weight is 606 g/mol. The highest BCUT2D eigenvalue weighted by Gasteiger charge is 2.42. The lowest BCUT2D eigenvalue weighted by atomic mass is 10.2. The Morgan fingerprint density at radius 3 is 2.42 bits per heavy atom. The van der Waals surface area contributed by atoms with E-state index in [1.54, 1.807) is 60.7 Å². The number of alkyl halides is 3. The number of halogens is 3. The normalized spacial score (nSPS) is 21.6. The second-order valence-corrected chi connectivity index (χ2v) is 14.3. The molecule has 0 spiro atoms. The van der Waals surface area contributed by atoms with Gasteiger partial charge < -0.3 is 10.1 Å². The van der Waals surface area contributed by atoms with Crippen molar-refractivity contribution in [3.8, 4) is 5.75 Å². The molecule has 2 amide bonds. The van der Waals surface area contributed by atoms with Gasteiger partial charge >= 0.3 is 0 Å². The molecule has 2 saturated heterocycles. The van der Waals surface area contributed by atoms with E-state index in [0.29, 0.717) is 32.5 Å². The van der Waals surface area contributed by atoms with Crippen molar-refractivity contribution in [3.05, 3.63) is 70.6 Å². The van der Waals surface area contributed by atoms with Gasteiger partial charge in [-0.05, 0) is 42.3 Å². The fourth-order valence-electron chi connectivity index (χ4n) is 3.67. The predicted octanol–water partition coefficient (Wildman–Crippen LogP) is 4.58. The first-order chi connectivity index (χ1) is 16.9. The van der Waals surface area contributed by atoms with Crippen LogP contribution in [-0.4, -0.2) is 57.0 Å². The Labute approximate surface area is 233 Å². The maximum atomic E-state index is 12.9. The number of hydrogen-bond donors (Lipinski definition) is 1. The van der Waals surface area contributed by atoms with E-state index >= 15 is 0 Å². The molecule has 2 aliphatic heterocycles. The zero-order valence-corrected chi connectivity index (χ0v) is 23.1. The molecule has 0 saturated carbocycles. The monoisotopic (exact) mass is 604 g/mol. The summed E-state index contributed by atoms with van der Waals surface area (Å²) >= 11 is 24.5. The first-order valence-corrected chi connectivity index (χ1v) is 14.8. The fraction of sp³-hybridized carbons (Fsp3) is 0.261. The van der Waals surface area contributed by atoms with Crippen molar-refractivity contribution in [1.82, 2.24) is 10.2 Å². The molecule has 1 N–H and O–H groups in total. The van der Waals surface area contributed by atoms with Gasteiger partial charge in [0, 0.05) is 5.56 Å². The molecule has 0 aliphatic carbocycles. The summed E-state index contributed by atoms with van der Waals surface area (Å²) in [5.41, 5.74) is 1.06. The van der Waals surface area contributed by atoms with E-state index in [4.69, 9.17) is 51.8 Å². The molecule has 0 aromatic heterocycles. The summed E-state index contributed by atoms with van der Waals surface area (Å²) in [6.07, 6.45) is 0.759. The predicted molar refractivity (Wildman–Crippen MR) is 147 cm³/mol. The molecule has 2 heterocycles. The minimum Gasteiger partial charge on any atom is -0.466 e. The smallest absolute Gasteiger partial charge is 0.266 e. The van der Waals surface area contributed by atoms with Crippen LogP contribution in [0.4, 0.5) is 0 Å². The van der Waals surface area contributed by atoms with Gasteiger partial charge in [0.1, 0.15) is 10.1 Å². The number of carbonyl (C=O) groups is 2. The van der Waals surface area contributed by atoms with Crippen LogP contribution in [0.5, 0.6) is 5.75 Å². The first-order valence-electron chi connectivity index (χ1n) is 10.6. The van der Waals surface area contributed by atoms with Gasteiger partial charge in [-0.3, -0.25) is 14.5 Å². The number of ether oxygens (including phenoxy) is 1. The van der Waals surface area contributed by atoms with Crippen LogP contribution in [-0.2, 0) is 14.6 Å². The summed E-state index contributed by atoms with van der Waals surface area (Å²) in [5, 5.41) is 2.56. The van der Waals surface area contributed by atoms with E-state index in [0.717, 1.165) is 11.8 Å². The number of sulfone groups is 1. The van der Waals surface area contributed by atoms with Crippen LogP contribution in [0.25, 0.3) is 6.08 Å². The number of nitrogens with one attached hydrogen (secondary N) is 1. The van der Waals surface area contributed by atoms with Gasteiger partial charge in [0.05, 0.1) is 22.5 Å². The molecular weight excluding hydrogens is 587 g/mol. The summed E-state index contributed by atoms with van der Waals surface area (Å²) in [6, 6.07) is 14.6. The van der Waals surface area contributed by atoms with Crippen molar-refractivity contribution in [3.63, 3.8) is 0 Å². The number of benzene rings is 2. The molecule has 190 valence electrons. The van der Waals surface area contributed by atoms with Gasteiger partial charge in [0.15, 0.2) is 9.84 Å². The summed E-state index contributed by atoms with van der Waals surface area (Å²) in [4.78, 5) is 27.2. The molecule has 2 fully saturated rings. The number of nitrogens with zero attached hydrogens (tertiary/aromatic N) is 1. The van der Waals surface area contributed by atoms with E-state index in [1.807, 2.05) is 0 Å². The van der Waals surface area contributed by atoms with Gasteiger partial charge in [-0.25, -0.2) is 8.42 Å². The largest absolute Gasteiger partial charge is 0.466 e. The fourth-order valence-corrected chi connectivity index (χ4v) is 7.07. The number of rotatable bonds is 6. The highest BCUT2D eigenvalue weighted by Crippen LogP contribution is 2.37. The van der Waals surface area contributed by atoms with Crippen molar-refractivity contribution in [2.45, 2.75) is 22.5 Å². The lowest BCUT2D eigenvalue weighted by Crippen LogP contribution is -2.47. The minimum atomic E-state index is -3.16. The quantitative estimate of drug-likeness (QED) is 0.223. The highest BCUT2D eigenvalue weighted by molar-refractivity contribution is 8.26. The Morgan fingerprint density at radius 2 is 1.83 bits per heavy atom. The van der Waals surface area contributed by atoms with E-state index < -0.39 is 31.8 Å². The molecule has 0 bridgehead atoms. The Morgan fingerprint density at radius 1 is 1.17 bits per heavy atom. The van der Waals surface area contributed by atoms with Crippen molar-refractivity contribution < 1.29 is 22.7 Å². The Kier molecular flexibility index (Phi) is 8.23. The lowest BCUT2D eigenvalue weighted by Gasteiger charge is -2.26. The second kappa shape index (κ2) is 10.9. The Hall–Kier alpha value is -1.82. The second-order valence-electron chi connectivity index (χ2n) is 8.06. The molecule has 0 radical (unpaired) electrons. The third kappa shape index (κ3) is 6.54. The van der Waals surface area contributed by atoms with Crippen LogP contribution in [0.3, 0.4) is 0 Å². The van der Waals surface area contributed by atoms with Crippen LogP contribution >= 0.6 is 58.8 Å². The molecule has 2 unspecified atom stereocenters. The highest BCUT2D eigenvalue weighted by atomic mass is 35.6. The van der Waals surface area contributed by atoms with Crippen LogP contribution in [0.1, 0.15) is 22.3 Å². The minimum absolute atomic E-state index is 0.0518. The Bertz CT molecular complexity index is 1310. The topological polar surface area (TPSA) is 92.8 Å². The summed E-state index contributed by atoms with van der Waals surface area (Å²) < 4.78 is 27.8. The van der Waals surface area contributed by atoms with Crippen molar-refractivity contribution in [1.29, 1.82) is 0 Å². The number of amides is 2. The Balaban J connectivity index is 1.45. The number of thioether (sulfide) groups is 1. The molecule has 2 aliphatic rings. The van der Waals surface area contributed by atoms with Crippen molar-refractivity contribution in [2.75, 3.05) is 11.5 Å². The zero-order valence-electron chi connectivity index (χ0n) is 18.4. The molecule has 7 nitrogen and oxygen atoms in total. The van der Waals surface area contributed by atoms with Crippen molar-refractivity contribution >= 4 is 90.8 Å². The van der Waals surface area contributed by atoms with E-state index in [-0.39, 0.29) is 17.4 Å². The van der Waals surface area contributed by atoms with Crippen LogP contribution in [0.15, 0.2) is 59.5 Å². The molecule has 13 heteroatoms. The van der Waals surface area contributed by atoms with Crippen LogP contribution in [0, 0.1) is 0 Å². The van der Waals surface area contributed by atoms with Gasteiger partial charge in [-0.1, -0.05) is 89.1 Å². The SMILES string of the molecule is O=C(NC(Oc1ccc(C=C2SC(=S)N(C3CCS(=O)(=O)C3)C2=O)cc1)C(Cl)(Cl)Cl)c1ccccc1. The maximum absolute atomic E-state index is 12.9. The first kappa shape index (κ1) is 27.2. The third-order valence-electron chi connectivity index (χ3n) is 5.42. The third-order valence-corrected chi connectivity index (χ3v) is 9.10. The maximum Gasteiger partial charge on any atom is 0.266 e. The summed E-state index contributed by atoms with van der Waals surface area (Å²) in [5.74, 6) is -0.492. The summed E-state index contributed by atoms with van der Waals surface area (Å²) in [6.45, 7) is 0. The van der Waals surface area contributed by atoms with E-state index in [2.05, 4.69) is 5.32 Å². The van der Waals surface area contributed by atoms with Gasteiger partial charge in [-0.15, -0.1) is 0 Å². The standard InChI is InChI=1S/C23H19Cl3N2O5S3/c24-23(25,26)21(27-19(29)15-4-2-1-3-5-15)33-17-8-6-14(7-9-17)12-18-20(30)28(22(34)35-18)16-10-11-36(31,32)13-16/h1-9,12,16,21H,10-11,13H2,(H,27,29). The number of hydrogen-bond acceptors (Lipinski definition) is 7. The summed E-state index contributed by atoms with van der Waals surface area (Å²) in [7, 11) is -3.16. The molecule has 2 atom stereocenters. The van der Waals surface area contributed by atoms with Gasteiger partial charge in [0.2, 0.25) is 10.0 Å². The lowest BCUT2D eigenvalue weighted by molar-refractivity contribution is -0.123.